The summed E-state index contributed by atoms with van der Waals surface area (Å²) in [5.41, 5.74) is 4.09. The largest absolute Gasteiger partial charge is 0.295 e. The molecule has 0 aliphatic rings. The van der Waals surface area contributed by atoms with Crippen LogP contribution in [0.15, 0.2) is 62.6 Å². The molecular weight excluding hydrogens is 252 g/mol. The SMILES string of the molecule is CN=C/C(S)=C(\C)N=C(C=C(C)C)c1ccccc1. The molecule has 0 unspecified atom stereocenters. The topological polar surface area (TPSA) is 24.7 Å². The smallest absolute Gasteiger partial charge is 0.0704 e. The van der Waals surface area contributed by atoms with Crippen molar-refractivity contribution in [3.8, 4) is 0 Å². The fourth-order valence-electron chi connectivity index (χ4n) is 1.52. The molecule has 1 aromatic carbocycles. The van der Waals surface area contributed by atoms with Crippen molar-refractivity contribution in [2.75, 3.05) is 7.05 Å². The van der Waals surface area contributed by atoms with Gasteiger partial charge in [0.15, 0.2) is 0 Å². The maximum absolute atomic E-state index is 4.66. The second-order valence-corrected chi connectivity index (χ2v) is 4.92. The third kappa shape index (κ3) is 5.26. The van der Waals surface area contributed by atoms with Crippen molar-refractivity contribution < 1.29 is 0 Å². The zero-order valence-electron chi connectivity index (χ0n) is 11.9. The number of thiol groups is 1. The number of hydrogen-bond acceptors (Lipinski definition) is 3. The Labute approximate surface area is 121 Å². The quantitative estimate of drug-likeness (QED) is 0.624. The van der Waals surface area contributed by atoms with E-state index < -0.39 is 0 Å². The minimum Gasteiger partial charge on any atom is -0.295 e. The first kappa shape index (κ1) is 15.4. The zero-order chi connectivity index (χ0) is 14.3. The van der Waals surface area contributed by atoms with Crippen LogP contribution in [0.2, 0.25) is 0 Å². The number of allylic oxidation sites excluding steroid dienone is 4. The normalized spacial score (nSPS) is 13.4. The van der Waals surface area contributed by atoms with Gasteiger partial charge in [0.05, 0.1) is 11.4 Å². The fourth-order valence-corrected chi connectivity index (χ4v) is 1.68. The molecule has 0 spiro atoms. The molecular formula is C16H20N2S. The summed E-state index contributed by atoms with van der Waals surface area (Å²) in [4.78, 5) is 9.39. The molecule has 1 rings (SSSR count). The minimum atomic E-state index is 0.776. The average Bonchev–Trinajstić information content (AvgIpc) is 2.38. The van der Waals surface area contributed by atoms with Gasteiger partial charge < -0.3 is 0 Å². The van der Waals surface area contributed by atoms with E-state index in [1.165, 1.54) is 5.57 Å². The Bertz CT molecular complexity index is 533. The van der Waals surface area contributed by atoms with Gasteiger partial charge in [-0.25, -0.2) is 0 Å². The van der Waals surface area contributed by atoms with Gasteiger partial charge in [-0.2, -0.15) is 0 Å². The first-order valence-electron chi connectivity index (χ1n) is 6.15. The lowest BCUT2D eigenvalue weighted by atomic mass is 10.1. The predicted molar refractivity (Wildman–Crippen MR) is 88.5 cm³/mol. The molecule has 1 aromatic rings. The summed E-state index contributed by atoms with van der Waals surface area (Å²) < 4.78 is 0. The van der Waals surface area contributed by atoms with E-state index in [1.54, 1.807) is 13.3 Å². The molecule has 19 heavy (non-hydrogen) atoms. The highest BCUT2D eigenvalue weighted by Crippen LogP contribution is 2.12. The van der Waals surface area contributed by atoms with Crippen molar-refractivity contribution >= 4 is 24.6 Å². The second kappa shape index (κ2) is 7.74. The summed E-state index contributed by atoms with van der Waals surface area (Å²) in [5.74, 6) is 0. The predicted octanol–water partition coefficient (Wildman–Crippen LogP) is 4.30. The molecule has 0 aromatic heterocycles. The third-order valence-corrected chi connectivity index (χ3v) is 2.84. The Hall–Kier alpha value is -1.61. The van der Waals surface area contributed by atoms with E-state index in [0.717, 1.165) is 21.9 Å². The van der Waals surface area contributed by atoms with Gasteiger partial charge in [0.25, 0.3) is 0 Å². The Morgan fingerprint density at radius 2 is 1.74 bits per heavy atom. The van der Waals surface area contributed by atoms with Gasteiger partial charge >= 0.3 is 0 Å². The van der Waals surface area contributed by atoms with Gasteiger partial charge in [0, 0.05) is 23.7 Å². The van der Waals surface area contributed by atoms with Gasteiger partial charge in [0.1, 0.15) is 0 Å². The van der Waals surface area contributed by atoms with Crippen LogP contribution in [0.25, 0.3) is 0 Å². The highest BCUT2D eigenvalue weighted by atomic mass is 32.1. The van der Waals surface area contributed by atoms with E-state index in [2.05, 4.69) is 54.7 Å². The maximum Gasteiger partial charge on any atom is 0.0704 e. The molecule has 0 saturated heterocycles. The summed E-state index contributed by atoms with van der Waals surface area (Å²) in [6.45, 7) is 6.06. The van der Waals surface area contributed by atoms with Crippen molar-refractivity contribution in [1.29, 1.82) is 0 Å². The molecule has 0 fully saturated rings. The number of benzene rings is 1. The van der Waals surface area contributed by atoms with E-state index in [4.69, 9.17) is 0 Å². The van der Waals surface area contributed by atoms with Gasteiger partial charge in [-0.15, -0.1) is 12.6 Å². The summed E-state index contributed by atoms with van der Waals surface area (Å²) in [6, 6.07) is 10.1. The molecule has 0 saturated carbocycles. The van der Waals surface area contributed by atoms with Crippen LogP contribution >= 0.6 is 12.6 Å². The first-order chi connectivity index (χ1) is 9.04. The number of nitrogens with zero attached hydrogens (tertiary/aromatic N) is 2. The average molecular weight is 272 g/mol. The molecule has 0 atom stereocenters. The van der Waals surface area contributed by atoms with Crippen LogP contribution < -0.4 is 0 Å². The molecule has 0 heterocycles. The molecule has 0 amide bonds. The summed E-state index contributed by atoms with van der Waals surface area (Å²) in [6.07, 6.45) is 3.77. The number of rotatable bonds is 4. The fraction of sp³-hybridized carbons (Fsp3) is 0.250. The Balaban J connectivity index is 3.27. The van der Waals surface area contributed by atoms with E-state index in [9.17, 15) is 0 Å². The lowest BCUT2D eigenvalue weighted by Crippen LogP contribution is -1.98. The monoisotopic (exact) mass is 272 g/mol. The molecule has 2 nitrogen and oxygen atoms in total. The van der Waals surface area contributed by atoms with Crippen molar-refractivity contribution in [3.05, 3.63) is 58.1 Å². The standard InChI is InChI=1S/C16H20N2S/c1-12(2)10-15(14-8-6-5-7-9-14)18-13(3)16(19)11-17-4/h5-11,19H,1-4H3/b16-13-,17-11?,18-15?. The van der Waals surface area contributed by atoms with Crippen LogP contribution in [0, 0.1) is 0 Å². The minimum absolute atomic E-state index is 0.776. The summed E-state index contributed by atoms with van der Waals surface area (Å²) in [5, 5.41) is 0. The second-order valence-electron chi connectivity index (χ2n) is 4.44. The Morgan fingerprint density at radius 1 is 1.11 bits per heavy atom. The molecule has 0 aliphatic heterocycles. The lowest BCUT2D eigenvalue weighted by Gasteiger charge is -2.04. The first-order valence-corrected chi connectivity index (χ1v) is 6.60. The molecule has 0 aliphatic carbocycles. The van der Waals surface area contributed by atoms with Crippen molar-refractivity contribution in [3.63, 3.8) is 0 Å². The van der Waals surface area contributed by atoms with Crippen molar-refractivity contribution in [1.82, 2.24) is 0 Å². The van der Waals surface area contributed by atoms with Gasteiger partial charge in [-0.3, -0.25) is 9.98 Å². The van der Waals surface area contributed by atoms with Gasteiger partial charge in [-0.05, 0) is 26.8 Å². The van der Waals surface area contributed by atoms with Crippen LogP contribution in [-0.2, 0) is 0 Å². The molecule has 0 bridgehead atoms. The van der Waals surface area contributed by atoms with Crippen molar-refractivity contribution in [2.24, 2.45) is 9.98 Å². The number of aliphatic imine (C=N–C) groups is 2. The molecule has 100 valence electrons. The third-order valence-electron chi connectivity index (χ3n) is 2.41. The van der Waals surface area contributed by atoms with E-state index in [0.29, 0.717) is 0 Å². The lowest BCUT2D eigenvalue weighted by molar-refractivity contribution is 1.29. The highest BCUT2D eigenvalue weighted by Gasteiger charge is 2.01. The molecule has 0 radical (unpaired) electrons. The molecule has 0 N–H and O–H groups in total. The van der Waals surface area contributed by atoms with Crippen LogP contribution in [0.1, 0.15) is 26.3 Å². The van der Waals surface area contributed by atoms with Crippen LogP contribution in [0.3, 0.4) is 0 Å². The summed E-state index contributed by atoms with van der Waals surface area (Å²) in [7, 11) is 1.72. The highest BCUT2D eigenvalue weighted by molar-refractivity contribution is 7.85. The van der Waals surface area contributed by atoms with E-state index in [1.807, 2.05) is 25.1 Å². The zero-order valence-corrected chi connectivity index (χ0v) is 12.8. The summed E-state index contributed by atoms with van der Waals surface area (Å²) >= 11 is 4.39. The van der Waals surface area contributed by atoms with Crippen LogP contribution in [0.4, 0.5) is 0 Å². The van der Waals surface area contributed by atoms with E-state index in [-0.39, 0.29) is 0 Å². The van der Waals surface area contributed by atoms with Crippen LogP contribution in [0.5, 0.6) is 0 Å². The Kier molecular flexibility index (Phi) is 6.30. The van der Waals surface area contributed by atoms with Gasteiger partial charge in [0.2, 0.25) is 0 Å². The Morgan fingerprint density at radius 3 is 2.26 bits per heavy atom. The van der Waals surface area contributed by atoms with Crippen LogP contribution in [-0.4, -0.2) is 19.0 Å². The van der Waals surface area contributed by atoms with Gasteiger partial charge in [-0.1, -0.05) is 35.9 Å². The maximum atomic E-state index is 4.66. The molecule has 3 heteroatoms. The van der Waals surface area contributed by atoms with E-state index >= 15 is 0 Å². The number of hydrogen-bond donors (Lipinski definition) is 1. The van der Waals surface area contributed by atoms with Crippen molar-refractivity contribution in [2.45, 2.75) is 20.8 Å².